The van der Waals surface area contributed by atoms with E-state index >= 15 is 0 Å². The highest BCUT2D eigenvalue weighted by Crippen LogP contribution is 2.73. The van der Waals surface area contributed by atoms with Gasteiger partial charge >= 0.3 is 0 Å². The second-order valence-corrected chi connectivity index (χ2v) is 7.47. The molecule has 5 atom stereocenters. The zero-order valence-electron chi connectivity index (χ0n) is 10.0. The summed E-state index contributed by atoms with van der Waals surface area (Å²) in [6.07, 6.45) is 2.63. The lowest BCUT2D eigenvalue weighted by Crippen LogP contribution is -2.17. The number of rotatable bonds is 4. The van der Waals surface area contributed by atoms with Crippen molar-refractivity contribution in [1.29, 1.82) is 0 Å². The fourth-order valence-corrected chi connectivity index (χ4v) is 5.27. The third-order valence-corrected chi connectivity index (χ3v) is 6.39. The Morgan fingerprint density at radius 2 is 1.78 bits per heavy atom. The quantitative estimate of drug-likeness (QED) is 0.784. The number of hydrogen-bond acceptors (Lipinski definition) is 3. The first-order valence-electron chi connectivity index (χ1n) is 6.61. The highest BCUT2D eigenvalue weighted by Gasteiger charge is 2.68. The van der Waals surface area contributed by atoms with Gasteiger partial charge in [0.15, 0.2) is 0 Å². The van der Waals surface area contributed by atoms with Crippen LogP contribution < -0.4 is 0 Å². The molecule has 4 aliphatic carbocycles. The van der Waals surface area contributed by atoms with E-state index in [9.17, 15) is 8.42 Å². The first-order valence-corrected chi connectivity index (χ1v) is 8.02. The molecule has 0 aliphatic heterocycles. The molecule has 18 heavy (non-hydrogen) atoms. The molecule has 1 aromatic rings. The van der Waals surface area contributed by atoms with Gasteiger partial charge in [-0.15, -0.1) is 0 Å². The average Bonchev–Trinajstić information content (AvgIpc) is 2.78. The van der Waals surface area contributed by atoms with Crippen LogP contribution in [0.25, 0.3) is 0 Å². The average molecular weight is 264 g/mol. The van der Waals surface area contributed by atoms with Gasteiger partial charge in [-0.3, -0.25) is 4.18 Å². The molecule has 4 aliphatic rings. The third kappa shape index (κ3) is 1.48. The van der Waals surface area contributed by atoms with Crippen LogP contribution >= 0.6 is 0 Å². The molecular weight excluding hydrogens is 248 g/mol. The molecule has 0 spiro atoms. The summed E-state index contributed by atoms with van der Waals surface area (Å²) in [5.74, 6) is 3.82. The van der Waals surface area contributed by atoms with E-state index in [1.165, 1.54) is 12.8 Å². The SMILES string of the molecule is O=S(=O)(OC[C@H]1C2C[C@@H]3C1[C@@H]3C2)c1ccccc1. The molecule has 0 N–H and O–H groups in total. The zero-order chi connectivity index (χ0) is 12.3. The summed E-state index contributed by atoms with van der Waals surface area (Å²) in [5, 5.41) is 0. The van der Waals surface area contributed by atoms with Crippen molar-refractivity contribution in [2.75, 3.05) is 6.61 Å². The molecule has 0 aromatic heterocycles. The van der Waals surface area contributed by atoms with Gasteiger partial charge in [-0.1, -0.05) is 18.2 Å². The molecule has 0 amide bonds. The van der Waals surface area contributed by atoms with Gasteiger partial charge in [0.05, 0.1) is 11.5 Å². The Labute approximate surface area is 107 Å². The number of benzene rings is 1. The molecule has 4 heteroatoms. The van der Waals surface area contributed by atoms with Crippen LogP contribution in [-0.2, 0) is 14.3 Å². The van der Waals surface area contributed by atoms with Crippen molar-refractivity contribution in [1.82, 2.24) is 0 Å². The van der Waals surface area contributed by atoms with Gasteiger partial charge in [0.1, 0.15) is 0 Å². The molecule has 3 nitrogen and oxygen atoms in total. The van der Waals surface area contributed by atoms with E-state index in [2.05, 4.69) is 0 Å². The predicted molar refractivity (Wildman–Crippen MR) is 66.3 cm³/mol. The van der Waals surface area contributed by atoms with Crippen molar-refractivity contribution < 1.29 is 12.6 Å². The van der Waals surface area contributed by atoms with E-state index in [1.807, 2.05) is 0 Å². The van der Waals surface area contributed by atoms with Crippen molar-refractivity contribution in [2.45, 2.75) is 17.7 Å². The standard InChI is InChI=1S/C14H16O3S/c15-18(16,10-4-2-1-3-5-10)17-8-13-9-6-11-12(7-9)14(11)13/h1-5,9,11-14H,6-8H2/t9?,11-,12+,13-,14?/m0/s1. The van der Waals surface area contributed by atoms with E-state index in [0.717, 1.165) is 23.7 Å². The number of hydrogen-bond donors (Lipinski definition) is 0. The van der Waals surface area contributed by atoms with Crippen molar-refractivity contribution in [3.63, 3.8) is 0 Å². The van der Waals surface area contributed by atoms with Gasteiger partial charge in [-0.25, -0.2) is 0 Å². The van der Waals surface area contributed by atoms with Gasteiger partial charge in [-0.05, 0) is 54.6 Å². The summed E-state index contributed by atoms with van der Waals surface area (Å²) >= 11 is 0. The lowest BCUT2D eigenvalue weighted by atomic mass is 10.00. The van der Waals surface area contributed by atoms with E-state index < -0.39 is 10.1 Å². The van der Waals surface area contributed by atoms with E-state index in [4.69, 9.17) is 4.18 Å². The molecule has 0 radical (unpaired) electrons. The van der Waals surface area contributed by atoms with E-state index in [1.54, 1.807) is 30.3 Å². The minimum Gasteiger partial charge on any atom is -0.266 e. The Hall–Kier alpha value is -0.870. The van der Waals surface area contributed by atoms with Crippen LogP contribution in [0, 0.1) is 29.6 Å². The van der Waals surface area contributed by atoms with Gasteiger partial charge in [0, 0.05) is 0 Å². The van der Waals surface area contributed by atoms with Crippen molar-refractivity contribution in [3.05, 3.63) is 30.3 Å². The second-order valence-electron chi connectivity index (χ2n) is 5.85. The van der Waals surface area contributed by atoms with Crippen LogP contribution in [0.5, 0.6) is 0 Å². The van der Waals surface area contributed by atoms with Gasteiger partial charge in [0.25, 0.3) is 10.1 Å². The predicted octanol–water partition coefficient (Wildman–Crippen LogP) is 2.29. The topological polar surface area (TPSA) is 43.4 Å². The zero-order valence-corrected chi connectivity index (χ0v) is 10.8. The first-order chi connectivity index (χ1) is 8.67. The lowest BCUT2D eigenvalue weighted by Gasteiger charge is -2.14. The molecule has 0 saturated heterocycles. The molecule has 4 fully saturated rings. The Morgan fingerprint density at radius 3 is 2.33 bits per heavy atom. The molecule has 0 heterocycles. The normalized spacial score (nSPS) is 40.1. The van der Waals surface area contributed by atoms with Crippen molar-refractivity contribution in [3.8, 4) is 0 Å². The maximum atomic E-state index is 12.0. The maximum absolute atomic E-state index is 12.0. The molecule has 1 aromatic carbocycles. The van der Waals surface area contributed by atoms with Gasteiger partial charge < -0.3 is 0 Å². The molecule has 4 bridgehead atoms. The van der Waals surface area contributed by atoms with E-state index in [-0.39, 0.29) is 4.90 Å². The van der Waals surface area contributed by atoms with Gasteiger partial charge in [0.2, 0.25) is 0 Å². The Balaban J connectivity index is 1.46. The molecular formula is C14H16O3S. The molecule has 5 rings (SSSR count). The van der Waals surface area contributed by atoms with Crippen LogP contribution in [0.3, 0.4) is 0 Å². The van der Waals surface area contributed by atoms with Gasteiger partial charge in [-0.2, -0.15) is 8.42 Å². The summed E-state index contributed by atoms with van der Waals surface area (Å²) in [7, 11) is -3.56. The van der Waals surface area contributed by atoms with Crippen molar-refractivity contribution in [2.24, 2.45) is 29.6 Å². The molecule has 4 saturated carbocycles. The summed E-state index contributed by atoms with van der Waals surface area (Å²) in [6.45, 7) is 0.388. The van der Waals surface area contributed by atoms with E-state index in [0.29, 0.717) is 12.5 Å². The summed E-state index contributed by atoms with van der Waals surface area (Å²) < 4.78 is 29.3. The van der Waals surface area contributed by atoms with Crippen LogP contribution in [0.2, 0.25) is 0 Å². The smallest absolute Gasteiger partial charge is 0.266 e. The minimum atomic E-state index is -3.56. The maximum Gasteiger partial charge on any atom is 0.296 e. The largest absolute Gasteiger partial charge is 0.296 e. The first kappa shape index (κ1) is 11.0. The lowest BCUT2D eigenvalue weighted by molar-refractivity contribution is 0.223. The van der Waals surface area contributed by atoms with Crippen LogP contribution in [-0.4, -0.2) is 15.0 Å². The summed E-state index contributed by atoms with van der Waals surface area (Å²) in [6, 6.07) is 8.42. The third-order valence-electron chi connectivity index (χ3n) is 5.10. The minimum absolute atomic E-state index is 0.266. The Morgan fingerprint density at radius 1 is 1.11 bits per heavy atom. The van der Waals surface area contributed by atoms with Crippen LogP contribution in [0.15, 0.2) is 35.2 Å². The second kappa shape index (κ2) is 3.58. The summed E-state index contributed by atoms with van der Waals surface area (Å²) in [5.41, 5.74) is 0. The highest BCUT2D eigenvalue weighted by atomic mass is 32.2. The van der Waals surface area contributed by atoms with Crippen LogP contribution in [0.4, 0.5) is 0 Å². The van der Waals surface area contributed by atoms with Crippen LogP contribution in [0.1, 0.15) is 12.8 Å². The highest BCUT2D eigenvalue weighted by molar-refractivity contribution is 7.86. The molecule has 96 valence electrons. The molecule has 2 unspecified atom stereocenters. The fraction of sp³-hybridized carbons (Fsp3) is 0.571. The summed E-state index contributed by atoms with van der Waals surface area (Å²) in [4.78, 5) is 0.266. The Kier molecular flexibility index (Phi) is 2.19. The monoisotopic (exact) mass is 264 g/mol. The fourth-order valence-electron chi connectivity index (χ4n) is 4.30. The van der Waals surface area contributed by atoms with Crippen molar-refractivity contribution >= 4 is 10.1 Å². The Bertz CT molecular complexity index is 552.